The van der Waals surface area contributed by atoms with Crippen LogP contribution in [0.25, 0.3) is 10.9 Å². The number of hydrogen-bond donors (Lipinski definition) is 0. The van der Waals surface area contributed by atoms with Gasteiger partial charge in [0.1, 0.15) is 0 Å². The van der Waals surface area contributed by atoms with E-state index in [0.717, 1.165) is 35.4 Å². The number of amides is 1. The van der Waals surface area contributed by atoms with Crippen LogP contribution in [0.1, 0.15) is 35.8 Å². The zero-order chi connectivity index (χ0) is 16.3. The Bertz CT molecular complexity index is 704. The summed E-state index contributed by atoms with van der Waals surface area (Å²) in [7, 11) is 2.96. The van der Waals surface area contributed by atoms with E-state index in [9.17, 15) is 4.79 Å². The molecule has 0 spiro atoms. The van der Waals surface area contributed by atoms with Crippen molar-refractivity contribution >= 4 is 40.0 Å². The lowest BCUT2D eigenvalue weighted by atomic mass is 10.1. The molecule has 0 bridgehead atoms. The SMILES string of the molecule is CCCCc1nc2c(C(=O)N(C)OC)c(Cl)ccc2cc1Cl. The van der Waals surface area contributed by atoms with Crippen LogP contribution in [-0.2, 0) is 11.3 Å². The summed E-state index contributed by atoms with van der Waals surface area (Å²) in [4.78, 5) is 22.0. The predicted molar refractivity (Wildman–Crippen MR) is 89.5 cm³/mol. The lowest BCUT2D eigenvalue weighted by Gasteiger charge is -2.16. The van der Waals surface area contributed by atoms with Crippen LogP contribution in [0.3, 0.4) is 0 Å². The second-order valence-corrected chi connectivity index (χ2v) is 5.81. The molecule has 1 aromatic heterocycles. The van der Waals surface area contributed by atoms with E-state index in [1.165, 1.54) is 14.2 Å². The molecule has 1 aromatic carbocycles. The van der Waals surface area contributed by atoms with Gasteiger partial charge in [-0.15, -0.1) is 0 Å². The molecule has 0 unspecified atom stereocenters. The van der Waals surface area contributed by atoms with Crippen molar-refractivity contribution in [2.75, 3.05) is 14.2 Å². The Kier molecular flexibility index (Phi) is 5.62. The van der Waals surface area contributed by atoms with Crippen LogP contribution in [0.5, 0.6) is 0 Å². The smallest absolute Gasteiger partial charge is 0.274 e. The van der Waals surface area contributed by atoms with Crippen LogP contribution < -0.4 is 0 Å². The van der Waals surface area contributed by atoms with E-state index in [1.807, 2.05) is 12.1 Å². The molecule has 0 radical (unpaired) electrons. The van der Waals surface area contributed by atoms with E-state index in [2.05, 4.69) is 11.9 Å². The fourth-order valence-electron chi connectivity index (χ4n) is 2.19. The number of halogens is 2. The number of nitrogens with zero attached hydrogens (tertiary/aromatic N) is 2. The highest BCUT2D eigenvalue weighted by Crippen LogP contribution is 2.29. The average Bonchev–Trinajstić information content (AvgIpc) is 2.51. The minimum atomic E-state index is -0.339. The Morgan fingerprint density at radius 1 is 1.32 bits per heavy atom. The summed E-state index contributed by atoms with van der Waals surface area (Å²) in [6.45, 7) is 2.11. The van der Waals surface area contributed by atoms with E-state index in [0.29, 0.717) is 21.1 Å². The number of hydrogen-bond acceptors (Lipinski definition) is 3. The number of carbonyl (C=O) groups excluding carboxylic acids is 1. The summed E-state index contributed by atoms with van der Waals surface area (Å²) in [5.74, 6) is -0.339. The first-order valence-corrected chi connectivity index (χ1v) is 7.85. The predicted octanol–water partition coefficient (Wildman–Crippen LogP) is 4.52. The highest BCUT2D eigenvalue weighted by Gasteiger charge is 2.20. The second-order valence-electron chi connectivity index (χ2n) is 5.00. The third-order valence-corrected chi connectivity index (χ3v) is 4.15. The van der Waals surface area contributed by atoms with Gasteiger partial charge in [0.2, 0.25) is 0 Å². The lowest BCUT2D eigenvalue weighted by molar-refractivity contribution is -0.0755. The minimum absolute atomic E-state index is 0.331. The first kappa shape index (κ1) is 17.0. The summed E-state index contributed by atoms with van der Waals surface area (Å²) in [5, 5.41) is 2.87. The molecule has 0 fully saturated rings. The first-order chi connectivity index (χ1) is 10.5. The molecular formula is C16H18Cl2N2O2. The number of aryl methyl sites for hydroxylation is 1. The molecule has 22 heavy (non-hydrogen) atoms. The zero-order valence-electron chi connectivity index (χ0n) is 12.8. The molecule has 1 amide bonds. The van der Waals surface area contributed by atoms with Crippen molar-refractivity contribution in [2.24, 2.45) is 0 Å². The third-order valence-electron chi connectivity index (χ3n) is 3.50. The largest absolute Gasteiger partial charge is 0.280 e. The maximum absolute atomic E-state index is 12.5. The molecule has 6 heteroatoms. The van der Waals surface area contributed by atoms with Gasteiger partial charge in [-0.25, -0.2) is 5.06 Å². The highest BCUT2D eigenvalue weighted by molar-refractivity contribution is 6.36. The number of unbranched alkanes of at least 4 members (excludes halogenated alkanes) is 1. The van der Waals surface area contributed by atoms with E-state index in [4.69, 9.17) is 28.0 Å². The molecule has 0 saturated carbocycles. The van der Waals surface area contributed by atoms with Gasteiger partial charge in [0.05, 0.1) is 33.9 Å². The Labute approximate surface area is 139 Å². The zero-order valence-corrected chi connectivity index (χ0v) is 14.3. The van der Waals surface area contributed by atoms with Gasteiger partial charge in [-0.05, 0) is 25.0 Å². The molecule has 1 heterocycles. The molecule has 0 N–H and O–H groups in total. The number of rotatable bonds is 5. The quantitative estimate of drug-likeness (QED) is 0.751. The van der Waals surface area contributed by atoms with Crippen molar-refractivity contribution in [3.8, 4) is 0 Å². The van der Waals surface area contributed by atoms with Gasteiger partial charge < -0.3 is 0 Å². The van der Waals surface area contributed by atoms with E-state index in [1.54, 1.807) is 6.07 Å². The molecule has 2 rings (SSSR count). The van der Waals surface area contributed by atoms with Crippen LogP contribution >= 0.6 is 23.2 Å². The third kappa shape index (κ3) is 3.35. The van der Waals surface area contributed by atoms with Gasteiger partial charge in [-0.1, -0.05) is 42.6 Å². The molecule has 0 aliphatic heterocycles. The normalized spacial score (nSPS) is 11.0. The average molecular weight is 341 g/mol. The Morgan fingerprint density at radius 3 is 2.68 bits per heavy atom. The minimum Gasteiger partial charge on any atom is -0.274 e. The van der Waals surface area contributed by atoms with Gasteiger partial charge in [0.25, 0.3) is 5.91 Å². The van der Waals surface area contributed by atoms with Crippen LogP contribution in [0, 0.1) is 0 Å². The maximum atomic E-state index is 12.5. The molecule has 0 atom stereocenters. The van der Waals surface area contributed by atoms with Crippen LogP contribution in [0.4, 0.5) is 0 Å². The number of fused-ring (bicyclic) bond motifs is 1. The van der Waals surface area contributed by atoms with Crippen molar-refractivity contribution in [3.63, 3.8) is 0 Å². The van der Waals surface area contributed by atoms with Crippen LogP contribution in [0.2, 0.25) is 10.0 Å². The summed E-state index contributed by atoms with van der Waals surface area (Å²) >= 11 is 12.5. The summed E-state index contributed by atoms with van der Waals surface area (Å²) in [6, 6.07) is 5.31. The molecule has 118 valence electrons. The molecule has 0 aliphatic rings. The number of carbonyl (C=O) groups is 1. The molecular weight excluding hydrogens is 323 g/mol. The Hall–Kier alpha value is -1.36. The number of aromatic nitrogens is 1. The van der Waals surface area contributed by atoms with Crippen LogP contribution in [-0.4, -0.2) is 30.1 Å². The Morgan fingerprint density at radius 2 is 2.05 bits per heavy atom. The highest BCUT2D eigenvalue weighted by atomic mass is 35.5. The number of pyridine rings is 1. The van der Waals surface area contributed by atoms with Crippen molar-refractivity contribution in [1.82, 2.24) is 10.0 Å². The number of hydroxylamine groups is 2. The lowest BCUT2D eigenvalue weighted by Crippen LogP contribution is -2.26. The summed E-state index contributed by atoms with van der Waals surface area (Å²) in [5.41, 5.74) is 1.67. The van der Waals surface area contributed by atoms with Crippen LogP contribution in [0.15, 0.2) is 18.2 Å². The van der Waals surface area contributed by atoms with Gasteiger partial charge >= 0.3 is 0 Å². The van der Waals surface area contributed by atoms with Crippen molar-refractivity contribution in [1.29, 1.82) is 0 Å². The fraction of sp³-hybridized carbons (Fsp3) is 0.375. The van der Waals surface area contributed by atoms with Gasteiger partial charge in [-0.3, -0.25) is 14.6 Å². The van der Waals surface area contributed by atoms with Gasteiger partial charge in [0.15, 0.2) is 0 Å². The van der Waals surface area contributed by atoms with Crippen molar-refractivity contribution in [3.05, 3.63) is 39.5 Å². The first-order valence-electron chi connectivity index (χ1n) is 7.09. The van der Waals surface area contributed by atoms with E-state index in [-0.39, 0.29) is 5.91 Å². The van der Waals surface area contributed by atoms with Gasteiger partial charge in [-0.2, -0.15) is 0 Å². The number of benzene rings is 1. The summed E-state index contributed by atoms with van der Waals surface area (Å²) < 4.78 is 0. The fourth-order valence-corrected chi connectivity index (χ4v) is 2.68. The van der Waals surface area contributed by atoms with Gasteiger partial charge in [0, 0.05) is 12.4 Å². The molecule has 2 aromatic rings. The molecule has 4 nitrogen and oxygen atoms in total. The monoisotopic (exact) mass is 340 g/mol. The Balaban J connectivity index is 2.63. The molecule has 0 aliphatic carbocycles. The van der Waals surface area contributed by atoms with E-state index < -0.39 is 0 Å². The van der Waals surface area contributed by atoms with Crippen molar-refractivity contribution in [2.45, 2.75) is 26.2 Å². The summed E-state index contributed by atoms with van der Waals surface area (Å²) in [6.07, 6.45) is 2.80. The van der Waals surface area contributed by atoms with E-state index >= 15 is 0 Å². The second kappa shape index (κ2) is 7.27. The standard InChI is InChI=1S/C16H18Cl2N2O2/c1-4-5-6-13-12(18)9-10-7-8-11(17)14(15(10)19-13)16(21)20(2)22-3/h7-9H,4-6H2,1-3H3. The maximum Gasteiger partial charge on any atom is 0.280 e. The topological polar surface area (TPSA) is 42.4 Å². The van der Waals surface area contributed by atoms with Crippen molar-refractivity contribution < 1.29 is 9.63 Å². The molecule has 0 saturated heterocycles.